The van der Waals surface area contributed by atoms with Gasteiger partial charge < -0.3 is 10.1 Å². The zero-order valence-corrected chi connectivity index (χ0v) is 12.2. The maximum absolute atomic E-state index is 11.5. The van der Waals surface area contributed by atoms with E-state index in [-0.39, 0.29) is 18.6 Å². The number of aryl methyl sites for hydroxylation is 1. The molecular weight excluding hydrogens is 298 g/mol. The van der Waals surface area contributed by atoms with Gasteiger partial charge in [-0.1, -0.05) is 15.9 Å². The molecular formula is C13H16BrNO3. The number of aldehydes is 1. The number of carbonyl (C=O) groups is 2. The van der Waals surface area contributed by atoms with Crippen molar-refractivity contribution >= 4 is 28.1 Å². The van der Waals surface area contributed by atoms with Crippen LogP contribution >= 0.6 is 15.9 Å². The zero-order chi connectivity index (χ0) is 13.7. The van der Waals surface area contributed by atoms with Crippen LogP contribution in [-0.2, 0) is 4.79 Å². The van der Waals surface area contributed by atoms with E-state index in [0.717, 1.165) is 10.0 Å². The van der Waals surface area contributed by atoms with Gasteiger partial charge in [-0.25, -0.2) is 0 Å². The van der Waals surface area contributed by atoms with Crippen molar-refractivity contribution in [2.45, 2.75) is 26.8 Å². The number of nitrogens with one attached hydrogen (secondary N) is 1. The average molecular weight is 314 g/mol. The van der Waals surface area contributed by atoms with E-state index in [2.05, 4.69) is 21.2 Å². The highest BCUT2D eigenvalue weighted by molar-refractivity contribution is 9.10. The molecule has 0 bridgehead atoms. The lowest BCUT2D eigenvalue weighted by molar-refractivity contribution is -0.123. The molecule has 1 amide bonds. The van der Waals surface area contributed by atoms with Crippen LogP contribution in [0, 0.1) is 6.92 Å². The van der Waals surface area contributed by atoms with E-state index in [1.54, 1.807) is 6.07 Å². The molecule has 0 unspecified atom stereocenters. The van der Waals surface area contributed by atoms with Gasteiger partial charge >= 0.3 is 0 Å². The predicted molar refractivity (Wildman–Crippen MR) is 73.0 cm³/mol. The fraction of sp³-hybridized carbons (Fsp3) is 0.385. The summed E-state index contributed by atoms with van der Waals surface area (Å²) in [6.45, 7) is 5.48. The summed E-state index contributed by atoms with van der Waals surface area (Å²) in [5.74, 6) is 0.247. The Morgan fingerprint density at radius 2 is 2.17 bits per heavy atom. The number of benzene rings is 1. The van der Waals surface area contributed by atoms with Crippen LogP contribution in [0.3, 0.4) is 0 Å². The summed E-state index contributed by atoms with van der Waals surface area (Å²) < 4.78 is 6.22. The molecule has 0 radical (unpaired) electrons. The van der Waals surface area contributed by atoms with Gasteiger partial charge in [-0.05, 0) is 38.5 Å². The van der Waals surface area contributed by atoms with Gasteiger partial charge in [0, 0.05) is 10.5 Å². The second-order valence-corrected chi connectivity index (χ2v) is 5.19. The minimum Gasteiger partial charge on any atom is -0.483 e. The van der Waals surface area contributed by atoms with Gasteiger partial charge in [0.25, 0.3) is 5.91 Å². The SMILES string of the molecule is Cc1cc(Br)cc(C=O)c1OCC(=O)NC(C)C. The molecule has 98 valence electrons. The highest BCUT2D eigenvalue weighted by Gasteiger charge is 2.11. The Morgan fingerprint density at radius 1 is 1.50 bits per heavy atom. The molecule has 1 rings (SSSR count). The summed E-state index contributed by atoms with van der Waals surface area (Å²) in [7, 11) is 0. The molecule has 1 aromatic carbocycles. The summed E-state index contributed by atoms with van der Waals surface area (Å²) in [5, 5.41) is 2.72. The standard InChI is InChI=1S/C13H16BrNO3/c1-8(2)15-12(17)7-18-13-9(3)4-11(14)5-10(13)6-16/h4-6,8H,7H2,1-3H3,(H,15,17). The smallest absolute Gasteiger partial charge is 0.258 e. The van der Waals surface area contributed by atoms with Crippen LogP contribution in [0.1, 0.15) is 29.8 Å². The van der Waals surface area contributed by atoms with Crippen LogP contribution in [-0.4, -0.2) is 24.8 Å². The lowest BCUT2D eigenvalue weighted by Gasteiger charge is -2.13. The maximum Gasteiger partial charge on any atom is 0.258 e. The van der Waals surface area contributed by atoms with Crippen LogP contribution < -0.4 is 10.1 Å². The average Bonchev–Trinajstić information content (AvgIpc) is 2.25. The molecule has 0 saturated carbocycles. The molecule has 4 nitrogen and oxygen atoms in total. The molecule has 0 aliphatic heterocycles. The van der Waals surface area contributed by atoms with Gasteiger partial charge in [0.05, 0.1) is 5.56 Å². The maximum atomic E-state index is 11.5. The number of ether oxygens (including phenoxy) is 1. The van der Waals surface area contributed by atoms with Gasteiger partial charge in [-0.2, -0.15) is 0 Å². The van der Waals surface area contributed by atoms with E-state index < -0.39 is 0 Å². The first-order valence-corrected chi connectivity index (χ1v) is 6.40. The van der Waals surface area contributed by atoms with Crippen molar-refractivity contribution in [3.8, 4) is 5.75 Å². The van der Waals surface area contributed by atoms with E-state index in [4.69, 9.17) is 4.74 Å². The third-order valence-corrected chi connectivity index (χ3v) is 2.65. The number of halogens is 1. The molecule has 0 fully saturated rings. The van der Waals surface area contributed by atoms with E-state index in [0.29, 0.717) is 17.6 Å². The van der Waals surface area contributed by atoms with E-state index in [1.807, 2.05) is 26.8 Å². The van der Waals surface area contributed by atoms with Crippen molar-refractivity contribution < 1.29 is 14.3 Å². The van der Waals surface area contributed by atoms with Gasteiger partial charge in [0.1, 0.15) is 5.75 Å². The number of hydrogen-bond donors (Lipinski definition) is 1. The fourth-order valence-electron chi connectivity index (χ4n) is 1.54. The van der Waals surface area contributed by atoms with Crippen LogP contribution in [0.5, 0.6) is 5.75 Å². The van der Waals surface area contributed by atoms with Gasteiger partial charge in [-0.3, -0.25) is 9.59 Å². The van der Waals surface area contributed by atoms with Crippen molar-refractivity contribution in [3.63, 3.8) is 0 Å². The van der Waals surface area contributed by atoms with Crippen molar-refractivity contribution in [2.24, 2.45) is 0 Å². The molecule has 1 aromatic rings. The molecule has 5 heteroatoms. The van der Waals surface area contributed by atoms with Crippen molar-refractivity contribution in [3.05, 3.63) is 27.7 Å². The summed E-state index contributed by atoms with van der Waals surface area (Å²) in [4.78, 5) is 22.4. The Labute approximate surface area is 115 Å². The Kier molecular flexibility index (Phi) is 5.34. The van der Waals surface area contributed by atoms with Crippen molar-refractivity contribution in [1.29, 1.82) is 0 Å². The van der Waals surface area contributed by atoms with E-state index >= 15 is 0 Å². The van der Waals surface area contributed by atoms with Gasteiger partial charge in [0.2, 0.25) is 0 Å². The van der Waals surface area contributed by atoms with Crippen molar-refractivity contribution in [2.75, 3.05) is 6.61 Å². The zero-order valence-electron chi connectivity index (χ0n) is 10.6. The Balaban J connectivity index is 2.78. The summed E-state index contributed by atoms with van der Waals surface area (Å²) in [6, 6.07) is 3.57. The highest BCUT2D eigenvalue weighted by atomic mass is 79.9. The molecule has 0 spiro atoms. The lowest BCUT2D eigenvalue weighted by Crippen LogP contribution is -2.34. The molecule has 0 aliphatic carbocycles. The molecule has 0 aromatic heterocycles. The quantitative estimate of drug-likeness (QED) is 0.850. The molecule has 1 N–H and O–H groups in total. The van der Waals surface area contributed by atoms with Crippen LogP contribution in [0.15, 0.2) is 16.6 Å². The van der Waals surface area contributed by atoms with E-state index in [1.165, 1.54) is 0 Å². The minimum atomic E-state index is -0.204. The summed E-state index contributed by atoms with van der Waals surface area (Å²) in [6.07, 6.45) is 0.716. The Bertz CT molecular complexity index is 458. The molecule has 0 saturated heterocycles. The molecule has 0 heterocycles. The van der Waals surface area contributed by atoms with E-state index in [9.17, 15) is 9.59 Å². The predicted octanol–water partition coefficient (Wildman–Crippen LogP) is 2.47. The highest BCUT2D eigenvalue weighted by Crippen LogP contribution is 2.26. The number of carbonyl (C=O) groups excluding carboxylic acids is 2. The Hall–Kier alpha value is -1.36. The van der Waals surface area contributed by atoms with Crippen LogP contribution in [0.4, 0.5) is 0 Å². The molecule has 0 aliphatic rings. The normalized spacial score (nSPS) is 10.3. The summed E-state index contributed by atoms with van der Waals surface area (Å²) >= 11 is 3.31. The van der Waals surface area contributed by atoms with Gasteiger partial charge in [-0.15, -0.1) is 0 Å². The summed E-state index contributed by atoms with van der Waals surface area (Å²) in [5.41, 5.74) is 1.24. The van der Waals surface area contributed by atoms with Crippen LogP contribution in [0.2, 0.25) is 0 Å². The van der Waals surface area contributed by atoms with Crippen LogP contribution in [0.25, 0.3) is 0 Å². The second kappa shape index (κ2) is 6.54. The third kappa shape index (κ3) is 4.14. The lowest BCUT2D eigenvalue weighted by atomic mass is 10.1. The first-order chi connectivity index (χ1) is 8.43. The molecule has 0 atom stereocenters. The molecule has 18 heavy (non-hydrogen) atoms. The third-order valence-electron chi connectivity index (χ3n) is 2.19. The minimum absolute atomic E-state index is 0.0673. The number of hydrogen-bond acceptors (Lipinski definition) is 3. The first kappa shape index (κ1) is 14.7. The second-order valence-electron chi connectivity index (χ2n) is 4.27. The van der Waals surface area contributed by atoms with Crippen molar-refractivity contribution in [1.82, 2.24) is 5.32 Å². The topological polar surface area (TPSA) is 55.4 Å². The largest absolute Gasteiger partial charge is 0.483 e. The number of amides is 1. The fourth-order valence-corrected chi connectivity index (χ4v) is 2.13. The Morgan fingerprint density at radius 3 is 2.72 bits per heavy atom. The van der Waals surface area contributed by atoms with Gasteiger partial charge in [0.15, 0.2) is 12.9 Å². The number of rotatable bonds is 5. The monoisotopic (exact) mass is 313 g/mol. The first-order valence-electron chi connectivity index (χ1n) is 5.61.